The zero-order valence-electron chi connectivity index (χ0n) is 19.7. The van der Waals surface area contributed by atoms with Gasteiger partial charge in [0.2, 0.25) is 5.95 Å². The van der Waals surface area contributed by atoms with E-state index in [1.807, 2.05) is 0 Å². The lowest BCUT2D eigenvalue weighted by molar-refractivity contribution is -0.174. The van der Waals surface area contributed by atoms with Crippen LogP contribution >= 0.6 is 0 Å². The van der Waals surface area contributed by atoms with E-state index in [0.29, 0.717) is 46.8 Å². The molecule has 1 aliphatic carbocycles. The van der Waals surface area contributed by atoms with Crippen molar-refractivity contribution in [1.29, 1.82) is 0 Å². The first kappa shape index (κ1) is 24.6. The van der Waals surface area contributed by atoms with Crippen LogP contribution in [0.3, 0.4) is 0 Å². The van der Waals surface area contributed by atoms with E-state index in [-0.39, 0.29) is 19.8 Å². The SMILES string of the molecule is FC(F)(F)COCCn1nc(COCC2CC2)c2nc(N3CCNCC3)nc(Nc3ccncn3)c21. The fraction of sp³-hybridized carbons (Fsp3) is 0.591. The van der Waals surface area contributed by atoms with E-state index in [4.69, 9.17) is 19.4 Å². The van der Waals surface area contributed by atoms with Crippen molar-refractivity contribution in [3.05, 3.63) is 24.3 Å². The van der Waals surface area contributed by atoms with Crippen LogP contribution in [0.5, 0.6) is 0 Å². The summed E-state index contributed by atoms with van der Waals surface area (Å²) >= 11 is 0. The fourth-order valence-electron chi connectivity index (χ4n) is 3.92. The third-order valence-corrected chi connectivity index (χ3v) is 5.88. The molecule has 14 heteroatoms. The largest absolute Gasteiger partial charge is 0.411 e. The van der Waals surface area contributed by atoms with Gasteiger partial charge in [-0.1, -0.05) is 0 Å². The van der Waals surface area contributed by atoms with Crippen molar-refractivity contribution in [3.63, 3.8) is 0 Å². The van der Waals surface area contributed by atoms with Crippen LogP contribution in [0.25, 0.3) is 11.0 Å². The molecule has 0 aromatic carbocycles. The molecule has 0 spiro atoms. The summed E-state index contributed by atoms with van der Waals surface area (Å²) in [6.45, 7) is 2.58. The van der Waals surface area contributed by atoms with Gasteiger partial charge in [0.15, 0.2) is 5.82 Å². The van der Waals surface area contributed by atoms with Crippen molar-refractivity contribution in [1.82, 2.24) is 35.0 Å². The van der Waals surface area contributed by atoms with Gasteiger partial charge in [0.25, 0.3) is 0 Å². The fourth-order valence-corrected chi connectivity index (χ4v) is 3.92. The molecule has 194 valence electrons. The Morgan fingerprint density at radius 1 is 1.14 bits per heavy atom. The number of alkyl halides is 3. The van der Waals surface area contributed by atoms with Gasteiger partial charge in [-0.15, -0.1) is 0 Å². The third-order valence-electron chi connectivity index (χ3n) is 5.88. The third kappa shape index (κ3) is 6.36. The van der Waals surface area contributed by atoms with Gasteiger partial charge in [-0.05, 0) is 24.8 Å². The number of anilines is 3. The van der Waals surface area contributed by atoms with Crippen molar-refractivity contribution in [2.24, 2.45) is 5.92 Å². The average Bonchev–Trinajstić information content (AvgIpc) is 3.63. The van der Waals surface area contributed by atoms with Gasteiger partial charge < -0.3 is 25.0 Å². The maximum absolute atomic E-state index is 12.6. The van der Waals surface area contributed by atoms with Crippen molar-refractivity contribution in [2.45, 2.75) is 32.2 Å². The van der Waals surface area contributed by atoms with Crippen LogP contribution in [0.15, 0.2) is 18.6 Å². The minimum Gasteiger partial charge on any atom is -0.375 e. The van der Waals surface area contributed by atoms with Crippen LogP contribution in [0.2, 0.25) is 0 Å². The van der Waals surface area contributed by atoms with Gasteiger partial charge in [0.05, 0.1) is 19.8 Å². The molecular weight excluding hydrogens is 479 g/mol. The molecule has 0 unspecified atom stereocenters. The number of ether oxygens (including phenoxy) is 2. The molecule has 2 fully saturated rings. The van der Waals surface area contributed by atoms with Gasteiger partial charge in [0, 0.05) is 39.0 Å². The summed E-state index contributed by atoms with van der Waals surface area (Å²) in [5, 5.41) is 11.2. The highest BCUT2D eigenvalue weighted by atomic mass is 19.4. The van der Waals surface area contributed by atoms with E-state index in [1.54, 1.807) is 16.9 Å². The molecular formula is C22H28F3N9O2. The van der Waals surface area contributed by atoms with Gasteiger partial charge in [-0.2, -0.15) is 23.3 Å². The summed E-state index contributed by atoms with van der Waals surface area (Å²) in [6.07, 6.45) is 0.943. The molecule has 2 aliphatic rings. The highest BCUT2D eigenvalue weighted by Gasteiger charge is 2.28. The second-order valence-electron chi connectivity index (χ2n) is 8.82. The second kappa shape index (κ2) is 10.9. The molecule has 3 aromatic heterocycles. The van der Waals surface area contributed by atoms with Crippen molar-refractivity contribution in [2.75, 3.05) is 56.2 Å². The van der Waals surface area contributed by atoms with E-state index in [1.165, 1.54) is 6.33 Å². The number of fused-ring (bicyclic) bond motifs is 1. The summed E-state index contributed by atoms with van der Waals surface area (Å²) in [6, 6.07) is 1.70. The molecule has 0 radical (unpaired) electrons. The predicted octanol–water partition coefficient (Wildman–Crippen LogP) is 2.27. The number of hydrogen-bond donors (Lipinski definition) is 2. The van der Waals surface area contributed by atoms with Crippen LogP contribution in [0.4, 0.5) is 30.8 Å². The minimum absolute atomic E-state index is 0.0873. The highest BCUT2D eigenvalue weighted by Crippen LogP contribution is 2.31. The number of halogens is 3. The van der Waals surface area contributed by atoms with E-state index in [2.05, 4.69) is 30.6 Å². The Bertz CT molecular complexity index is 1150. The highest BCUT2D eigenvalue weighted by molar-refractivity contribution is 5.90. The first-order chi connectivity index (χ1) is 17.5. The molecule has 1 saturated heterocycles. The molecule has 4 heterocycles. The zero-order valence-corrected chi connectivity index (χ0v) is 19.7. The lowest BCUT2D eigenvalue weighted by Crippen LogP contribution is -2.44. The van der Waals surface area contributed by atoms with Crippen LogP contribution in [0, 0.1) is 5.92 Å². The maximum atomic E-state index is 12.6. The molecule has 1 aliphatic heterocycles. The quantitative estimate of drug-likeness (QED) is 0.375. The molecule has 11 nitrogen and oxygen atoms in total. The Hall–Kier alpha value is -3.10. The summed E-state index contributed by atoms with van der Waals surface area (Å²) in [5.74, 6) is 2.08. The number of nitrogens with one attached hydrogen (secondary N) is 2. The minimum atomic E-state index is -4.39. The van der Waals surface area contributed by atoms with Gasteiger partial charge in [0.1, 0.15) is 35.5 Å². The predicted molar refractivity (Wildman–Crippen MR) is 125 cm³/mol. The first-order valence-corrected chi connectivity index (χ1v) is 11.9. The molecule has 1 saturated carbocycles. The Morgan fingerprint density at radius 2 is 1.97 bits per heavy atom. The van der Waals surface area contributed by atoms with E-state index >= 15 is 0 Å². The molecule has 0 amide bonds. The molecule has 0 bridgehead atoms. The molecule has 2 N–H and O–H groups in total. The van der Waals surface area contributed by atoms with Crippen LogP contribution < -0.4 is 15.5 Å². The molecule has 5 rings (SSSR count). The number of hydrogen-bond acceptors (Lipinski definition) is 10. The van der Waals surface area contributed by atoms with Crippen LogP contribution in [-0.4, -0.2) is 81.9 Å². The topological polar surface area (TPSA) is 115 Å². The second-order valence-corrected chi connectivity index (χ2v) is 8.82. The average molecular weight is 508 g/mol. The summed E-state index contributed by atoms with van der Waals surface area (Å²) < 4.78 is 50.0. The zero-order chi connectivity index (χ0) is 25.0. The lowest BCUT2D eigenvalue weighted by Gasteiger charge is -2.27. The van der Waals surface area contributed by atoms with E-state index in [0.717, 1.165) is 39.0 Å². The van der Waals surface area contributed by atoms with Crippen LogP contribution in [0.1, 0.15) is 18.5 Å². The Balaban J connectivity index is 1.50. The number of nitrogens with zero attached hydrogens (tertiary/aromatic N) is 7. The number of rotatable bonds is 11. The van der Waals surface area contributed by atoms with Gasteiger partial charge in [-0.3, -0.25) is 4.68 Å². The van der Waals surface area contributed by atoms with Crippen molar-refractivity contribution in [3.8, 4) is 0 Å². The number of aromatic nitrogens is 6. The standard InChI is InChI=1S/C22H28F3N9O2/c23-22(24,25)13-35-10-9-34-19-18(16(32-34)12-36-11-15-1-2-15)30-21(33-7-5-26-6-8-33)31-20(19)29-17-3-4-27-14-28-17/h3-4,14-15,26H,1-2,5-13H2,(H,27,28,29,30,31). The lowest BCUT2D eigenvalue weighted by atomic mass is 10.3. The smallest absolute Gasteiger partial charge is 0.375 e. The molecule has 36 heavy (non-hydrogen) atoms. The Kier molecular flexibility index (Phi) is 7.43. The normalized spacial score (nSPS) is 16.6. The van der Waals surface area contributed by atoms with Crippen molar-refractivity contribution >= 4 is 28.6 Å². The first-order valence-electron chi connectivity index (χ1n) is 11.9. The summed E-state index contributed by atoms with van der Waals surface area (Å²) in [5.41, 5.74) is 1.74. The summed E-state index contributed by atoms with van der Waals surface area (Å²) in [7, 11) is 0. The Labute approximate surface area is 205 Å². The molecule has 0 atom stereocenters. The van der Waals surface area contributed by atoms with Gasteiger partial charge >= 0.3 is 6.18 Å². The molecule has 3 aromatic rings. The van der Waals surface area contributed by atoms with E-state index in [9.17, 15) is 13.2 Å². The van der Waals surface area contributed by atoms with E-state index < -0.39 is 12.8 Å². The van der Waals surface area contributed by atoms with Crippen molar-refractivity contribution < 1.29 is 22.6 Å². The number of piperazine rings is 1. The Morgan fingerprint density at radius 3 is 2.69 bits per heavy atom. The van der Waals surface area contributed by atoms with Gasteiger partial charge in [-0.25, -0.2) is 15.0 Å². The monoisotopic (exact) mass is 507 g/mol. The van der Waals surface area contributed by atoms with Crippen LogP contribution in [-0.2, 0) is 22.6 Å². The maximum Gasteiger partial charge on any atom is 0.411 e. The summed E-state index contributed by atoms with van der Waals surface area (Å²) in [4.78, 5) is 19.9.